The maximum atomic E-state index is 12.4. The van der Waals surface area contributed by atoms with E-state index < -0.39 is 34.6 Å². The Morgan fingerprint density at radius 3 is 2.08 bits per heavy atom. The van der Waals surface area contributed by atoms with Crippen LogP contribution in [0.25, 0.3) is 0 Å². The Balaban J connectivity index is 4.91. The quantitative estimate of drug-likeness (QED) is 0.632. The molecule has 0 radical (unpaired) electrons. The maximum Gasteiger partial charge on any atom is 0.328 e. The van der Waals surface area contributed by atoms with Gasteiger partial charge < -0.3 is 15.4 Å². The van der Waals surface area contributed by atoms with Crippen molar-refractivity contribution in [3.8, 4) is 0 Å². The van der Waals surface area contributed by atoms with Crippen molar-refractivity contribution >= 4 is 34.7 Å². The molecule has 2 amide bonds. The fraction of sp³-hybridized carbons (Fsp3) is 0.750. The minimum atomic E-state index is -1.23. The number of nitrogens with one attached hydrogen (secondary N) is 2. The molecule has 24 heavy (non-hydrogen) atoms. The van der Waals surface area contributed by atoms with Gasteiger partial charge in [-0.25, -0.2) is 4.79 Å². The first-order chi connectivity index (χ1) is 10.9. The molecule has 0 fully saturated rings. The molecule has 2 N–H and O–H groups in total. The molecule has 7 nitrogen and oxygen atoms in total. The molecule has 0 aliphatic rings. The van der Waals surface area contributed by atoms with Crippen LogP contribution in [0.15, 0.2) is 0 Å². The molecule has 138 valence electrons. The third-order valence-corrected chi connectivity index (χ3v) is 4.49. The second-order valence-corrected chi connectivity index (χ2v) is 7.65. The van der Waals surface area contributed by atoms with E-state index in [0.717, 1.165) is 11.8 Å². The second kappa shape index (κ2) is 9.66. The minimum Gasteiger partial charge on any atom is -0.464 e. The lowest BCUT2D eigenvalue weighted by Gasteiger charge is -2.29. The molecule has 0 saturated carbocycles. The summed E-state index contributed by atoms with van der Waals surface area (Å²) in [6.45, 7) is 11.5. The van der Waals surface area contributed by atoms with Crippen LogP contribution < -0.4 is 10.6 Å². The largest absolute Gasteiger partial charge is 0.464 e. The van der Waals surface area contributed by atoms with Gasteiger partial charge in [-0.2, -0.15) is 0 Å². The van der Waals surface area contributed by atoms with Crippen LogP contribution in [0.2, 0.25) is 0 Å². The molecule has 0 aliphatic carbocycles. The molecule has 2 atom stereocenters. The van der Waals surface area contributed by atoms with E-state index in [-0.39, 0.29) is 17.6 Å². The molecule has 0 spiro atoms. The van der Waals surface area contributed by atoms with Crippen LogP contribution in [-0.2, 0) is 23.9 Å². The first kappa shape index (κ1) is 22.4. The predicted molar refractivity (Wildman–Crippen MR) is 93.4 cm³/mol. The van der Waals surface area contributed by atoms with Gasteiger partial charge in [-0.1, -0.05) is 25.6 Å². The van der Waals surface area contributed by atoms with Crippen LogP contribution in [-0.4, -0.2) is 46.3 Å². The fourth-order valence-corrected chi connectivity index (χ4v) is 2.61. The lowest BCUT2D eigenvalue weighted by Crippen LogP contribution is -2.59. The van der Waals surface area contributed by atoms with Gasteiger partial charge in [0.25, 0.3) is 0 Å². The van der Waals surface area contributed by atoms with E-state index in [1.54, 1.807) is 6.92 Å². The highest BCUT2D eigenvalue weighted by Gasteiger charge is 2.35. The summed E-state index contributed by atoms with van der Waals surface area (Å²) in [5.41, 5.74) is -1.23. The summed E-state index contributed by atoms with van der Waals surface area (Å²) in [7, 11) is 0. The highest BCUT2D eigenvalue weighted by atomic mass is 32.2. The Labute approximate surface area is 147 Å². The number of ether oxygens (including phenoxy) is 1. The van der Waals surface area contributed by atoms with Gasteiger partial charge in [-0.3, -0.25) is 14.4 Å². The Kier molecular flexibility index (Phi) is 9.03. The SMILES string of the molecule is CCOC(=O)[C@H](C)NC(=O)C(C)(C)NC(=O)C(SC(C)=O)C(C)C. The van der Waals surface area contributed by atoms with Gasteiger partial charge in [0.2, 0.25) is 11.8 Å². The highest BCUT2D eigenvalue weighted by Crippen LogP contribution is 2.21. The van der Waals surface area contributed by atoms with Gasteiger partial charge in [-0.15, -0.1) is 0 Å². The molecule has 0 aromatic heterocycles. The van der Waals surface area contributed by atoms with Crippen molar-refractivity contribution in [1.82, 2.24) is 10.6 Å². The maximum absolute atomic E-state index is 12.4. The molecule has 8 heteroatoms. The average Bonchev–Trinajstić information content (AvgIpc) is 2.43. The number of hydrogen-bond acceptors (Lipinski definition) is 6. The predicted octanol–water partition coefficient (Wildman–Crippen LogP) is 1.25. The average molecular weight is 360 g/mol. The molecule has 0 aliphatic heterocycles. The smallest absolute Gasteiger partial charge is 0.328 e. The number of thioether (sulfide) groups is 1. The van der Waals surface area contributed by atoms with Crippen LogP contribution >= 0.6 is 11.8 Å². The summed E-state index contributed by atoms with van der Waals surface area (Å²) in [4.78, 5) is 47.6. The Hall–Kier alpha value is -1.57. The Morgan fingerprint density at radius 2 is 1.67 bits per heavy atom. The van der Waals surface area contributed by atoms with Gasteiger partial charge in [-0.05, 0) is 33.6 Å². The van der Waals surface area contributed by atoms with Crippen molar-refractivity contribution < 1.29 is 23.9 Å². The number of amides is 2. The van der Waals surface area contributed by atoms with Gasteiger partial charge in [0.1, 0.15) is 11.6 Å². The van der Waals surface area contributed by atoms with Crippen molar-refractivity contribution in [3.63, 3.8) is 0 Å². The Bertz CT molecular complexity index is 491. The van der Waals surface area contributed by atoms with Crippen molar-refractivity contribution in [2.45, 2.75) is 65.3 Å². The van der Waals surface area contributed by atoms with E-state index in [1.165, 1.54) is 27.7 Å². The third kappa shape index (κ3) is 7.33. The Morgan fingerprint density at radius 1 is 1.12 bits per heavy atom. The molecule has 0 heterocycles. The number of hydrogen-bond donors (Lipinski definition) is 2. The summed E-state index contributed by atoms with van der Waals surface area (Å²) >= 11 is 0.937. The normalized spacial score (nSPS) is 13.8. The summed E-state index contributed by atoms with van der Waals surface area (Å²) in [6, 6.07) is -0.818. The third-order valence-electron chi connectivity index (χ3n) is 3.15. The van der Waals surface area contributed by atoms with Crippen molar-refractivity contribution in [2.24, 2.45) is 5.92 Å². The molecule has 0 rings (SSSR count). The molecule has 0 aromatic carbocycles. The number of carbonyl (C=O) groups is 4. The lowest BCUT2D eigenvalue weighted by molar-refractivity contribution is -0.147. The van der Waals surface area contributed by atoms with E-state index in [0.29, 0.717) is 0 Å². The van der Waals surface area contributed by atoms with Gasteiger partial charge >= 0.3 is 5.97 Å². The lowest BCUT2D eigenvalue weighted by atomic mass is 10.0. The van der Waals surface area contributed by atoms with Crippen LogP contribution in [0.1, 0.15) is 48.5 Å². The van der Waals surface area contributed by atoms with Crippen LogP contribution in [0.3, 0.4) is 0 Å². The molecule has 0 aromatic rings. The van der Waals surface area contributed by atoms with E-state index in [1.807, 2.05) is 13.8 Å². The topological polar surface area (TPSA) is 102 Å². The van der Waals surface area contributed by atoms with Gasteiger partial charge in [0.15, 0.2) is 5.12 Å². The van der Waals surface area contributed by atoms with Crippen molar-refractivity contribution in [1.29, 1.82) is 0 Å². The number of carbonyl (C=O) groups excluding carboxylic acids is 4. The monoisotopic (exact) mass is 360 g/mol. The van der Waals surface area contributed by atoms with E-state index in [9.17, 15) is 19.2 Å². The van der Waals surface area contributed by atoms with E-state index in [4.69, 9.17) is 4.74 Å². The first-order valence-electron chi connectivity index (χ1n) is 7.89. The first-order valence-corrected chi connectivity index (χ1v) is 8.77. The minimum absolute atomic E-state index is 0.0729. The summed E-state index contributed by atoms with van der Waals surface area (Å²) < 4.78 is 4.83. The number of rotatable bonds is 8. The summed E-state index contributed by atoms with van der Waals surface area (Å²) in [5, 5.41) is 4.41. The molecule has 0 bridgehead atoms. The molecule has 1 unspecified atom stereocenters. The summed E-state index contributed by atoms with van der Waals surface area (Å²) in [5.74, 6) is -1.52. The van der Waals surface area contributed by atoms with Gasteiger partial charge in [0.05, 0.1) is 11.9 Å². The zero-order chi connectivity index (χ0) is 19.1. The van der Waals surface area contributed by atoms with Crippen LogP contribution in [0, 0.1) is 5.92 Å². The molecular formula is C16H28N2O5S. The fourth-order valence-electron chi connectivity index (χ4n) is 1.81. The molecule has 0 saturated heterocycles. The van der Waals surface area contributed by atoms with E-state index in [2.05, 4.69) is 10.6 Å². The van der Waals surface area contributed by atoms with Gasteiger partial charge in [0, 0.05) is 6.92 Å². The zero-order valence-electron chi connectivity index (χ0n) is 15.4. The van der Waals surface area contributed by atoms with Crippen molar-refractivity contribution in [3.05, 3.63) is 0 Å². The second-order valence-electron chi connectivity index (χ2n) is 6.34. The molecular weight excluding hydrogens is 332 g/mol. The number of esters is 1. The van der Waals surface area contributed by atoms with E-state index >= 15 is 0 Å². The zero-order valence-corrected chi connectivity index (χ0v) is 16.2. The highest BCUT2D eigenvalue weighted by molar-refractivity contribution is 8.14. The van der Waals surface area contributed by atoms with Crippen LogP contribution in [0.4, 0.5) is 0 Å². The summed E-state index contributed by atoms with van der Waals surface area (Å²) in [6.07, 6.45) is 0. The van der Waals surface area contributed by atoms with Crippen LogP contribution in [0.5, 0.6) is 0 Å². The van der Waals surface area contributed by atoms with Crippen molar-refractivity contribution in [2.75, 3.05) is 6.61 Å². The standard InChI is InChI=1S/C16H28N2O5S/c1-8-23-14(21)10(4)17-15(22)16(6,7)18-13(20)12(9(2)3)24-11(5)19/h9-10,12H,8H2,1-7H3,(H,17,22)(H,18,20)/t10-,12?/m0/s1.